The molecular weight excluding hydrogens is 318 g/mol. The van der Waals surface area contributed by atoms with Gasteiger partial charge in [0, 0.05) is 17.1 Å². The summed E-state index contributed by atoms with van der Waals surface area (Å²) in [5.41, 5.74) is 6.21. The van der Waals surface area contributed by atoms with Gasteiger partial charge in [0.2, 0.25) is 5.91 Å². The van der Waals surface area contributed by atoms with E-state index in [0.717, 1.165) is 17.5 Å². The first-order valence-corrected chi connectivity index (χ1v) is 8.50. The third kappa shape index (κ3) is 3.90. The summed E-state index contributed by atoms with van der Waals surface area (Å²) in [6, 6.07) is 7.25. The number of thiocarbonyl (C=S) groups is 1. The maximum absolute atomic E-state index is 12.0. The Morgan fingerprint density at radius 1 is 1.27 bits per heavy atom. The van der Waals surface area contributed by atoms with E-state index in [0.29, 0.717) is 22.5 Å². The van der Waals surface area contributed by atoms with Gasteiger partial charge in [-0.05, 0) is 67.4 Å². The quantitative estimate of drug-likeness (QED) is 0.584. The van der Waals surface area contributed by atoms with Crippen molar-refractivity contribution in [3.8, 4) is 0 Å². The molecule has 0 saturated heterocycles. The molecule has 0 heterocycles. The Bertz CT molecular complexity index is 580. The third-order valence-electron chi connectivity index (χ3n) is 4.73. The number of nitrogens with one attached hydrogen (secondary N) is 3. The lowest BCUT2D eigenvalue weighted by Crippen LogP contribution is -2.44. The van der Waals surface area contributed by atoms with Gasteiger partial charge in [-0.3, -0.25) is 15.6 Å². The Morgan fingerprint density at radius 3 is 2.82 bits per heavy atom. The molecule has 2 aliphatic rings. The Kier molecular flexibility index (Phi) is 4.84. The van der Waals surface area contributed by atoms with E-state index in [4.69, 9.17) is 23.8 Å². The number of hydrogen-bond acceptors (Lipinski definition) is 2. The zero-order chi connectivity index (χ0) is 15.5. The van der Waals surface area contributed by atoms with Crippen LogP contribution in [-0.4, -0.2) is 11.0 Å². The van der Waals surface area contributed by atoms with Crippen LogP contribution in [0.15, 0.2) is 24.3 Å². The molecule has 3 N–H and O–H groups in total. The Balaban J connectivity index is 1.40. The van der Waals surface area contributed by atoms with Gasteiger partial charge in [-0.15, -0.1) is 0 Å². The topological polar surface area (TPSA) is 53.2 Å². The Hall–Kier alpha value is -1.33. The van der Waals surface area contributed by atoms with E-state index in [9.17, 15) is 4.79 Å². The fraction of sp³-hybridized carbons (Fsp3) is 0.500. The monoisotopic (exact) mass is 337 g/mol. The molecule has 2 saturated carbocycles. The Morgan fingerprint density at radius 2 is 2.14 bits per heavy atom. The second kappa shape index (κ2) is 6.84. The van der Waals surface area contributed by atoms with Crippen LogP contribution in [0, 0.1) is 17.8 Å². The smallest absolute Gasteiger partial charge is 0.238 e. The summed E-state index contributed by atoms with van der Waals surface area (Å²) in [4.78, 5) is 12.0. The minimum absolute atomic E-state index is 0.00722. The number of fused-ring (bicyclic) bond motifs is 2. The van der Waals surface area contributed by atoms with E-state index in [1.165, 1.54) is 25.7 Å². The highest BCUT2D eigenvalue weighted by Gasteiger charge is 2.40. The lowest BCUT2D eigenvalue weighted by Gasteiger charge is -2.21. The number of halogens is 1. The second-order valence-electron chi connectivity index (χ2n) is 6.28. The number of rotatable bonds is 3. The molecule has 0 unspecified atom stereocenters. The molecule has 2 bridgehead atoms. The molecule has 0 aliphatic heterocycles. The van der Waals surface area contributed by atoms with Gasteiger partial charge < -0.3 is 5.32 Å². The maximum Gasteiger partial charge on any atom is 0.238 e. The van der Waals surface area contributed by atoms with E-state index in [1.807, 2.05) is 12.1 Å². The van der Waals surface area contributed by atoms with E-state index in [1.54, 1.807) is 12.1 Å². The first-order valence-electron chi connectivity index (χ1n) is 7.71. The summed E-state index contributed by atoms with van der Waals surface area (Å²) in [6.45, 7) is 0. The van der Waals surface area contributed by atoms with Crippen molar-refractivity contribution < 1.29 is 4.79 Å². The van der Waals surface area contributed by atoms with E-state index in [2.05, 4.69) is 16.2 Å². The number of hydrogen-bond donors (Lipinski definition) is 3. The molecule has 0 spiro atoms. The average Bonchev–Trinajstić information content (AvgIpc) is 3.08. The van der Waals surface area contributed by atoms with Gasteiger partial charge in [0.25, 0.3) is 0 Å². The minimum Gasteiger partial charge on any atom is -0.331 e. The minimum atomic E-state index is 0.00722. The van der Waals surface area contributed by atoms with Crippen molar-refractivity contribution in [1.82, 2.24) is 10.9 Å². The largest absolute Gasteiger partial charge is 0.331 e. The number of anilines is 1. The van der Waals surface area contributed by atoms with Gasteiger partial charge in [-0.25, -0.2) is 0 Å². The second-order valence-corrected chi connectivity index (χ2v) is 7.12. The molecule has 0 radical (unpaired) electrons. The molecule has 3 atom stereocenters. The van der Waals surface area contributed by atoms with Gasteiger partial charge in [0.15, 0.2) is 5.11 Å². The normalized spacial score (nSPS) is 25.8. The fourth-order valence-electron chi connectivity index (χ4n) is 3.77. The lowest BCUT2D eigenvalue weighted by atomic mass is 9.86. The molecule has 0 aromatic heterocycles. The predicted octanol–water partition coefficient (Wildman–Crippen LogP) is 3.48. The number of hydrazine groups is 1. The van der Waals surface area contributed by atoms with Crippen molar-refractivity contribution >= 4 is 40.5 Å². The van der Waals surface area contributed by atoms with Crippen LogP contribution < -0.4 is 16.2 Å². The molecule has 2 fully saturated rings. The van der Waals surface area contributed by atoms with Crippen LogP contribution in [0.25, 0.3) is 0 Å². The molecule has 3 rings (SSSR count). The molecule has 1 aromatic carbocycles. The van der Waals surface area contributed by atoms with Crippen molar-refractivity contribution in [2.45, 2.75) is 32.1 Å². The summed E-state index contributed by atoms with van der Waals surface area (Å²) >= 11 is 11.1. The standard InChI is InChI=1S/C16H20ClN3OS/c17-13-2-1-3-14(9-13)18-16(22)20-19-15(21)8-12-7-10-4-5-11(12)6-10/h1-3,9-12H,4-8H2,(H,19,21)(H2,18,20,22)/t10-,11+,12+/m0/s1. The number of carbonyl (C=O) groups excluding carboxylic acids is 1. The van der Waals surface area contributed by atoms with Crippen molar-refractivity contribution in [1.29, 1.82) is 0 Å². The highest BCUT2D eigenvalue weighted by molar-refractivity contribution is 7.80. The summed E-state index contributed by atoms with van der Waals surface area (Å²) in [5, 5.41) is 3.96. The zero-order valence-electron chi connectivity index (χ0n) is 12.3. The molecule has 4 nitrogen and oxygen atoms in total. The zero-order valence-corrected chi connectivity index (χ0v) is 13.8. The highest BCUT2D eigenvalue weighted by Crippen LogP contribution is 2.49. The predicted molar refractivity (Wildman–Crippen MR) is 92.5 cm³/mol. The summed E-state index contributed by atoms with van der Waals surface area (Å²) in [6.07, 6.45) is 5.77. The summed E-state index contributed by atoms with van der Waals surface area (Å²) in [7, 11) is 0. The molecule has 118 valence electrons. The van der Waals surface area contributed by atoms with Crippen LogP contribution in [0.3, 0.4) is 0 Å². The van der Waals surface area contributed by atoms with Gasteiger partial charge in [0.05, 0.1) is 0 Å². The van der Waals surface area contributed by atoms with Crippen LogP contribution in [0.1, 0.15) is 32.1 Å². The van der Waals surface area contributed by atoms with Gasteiger partial charge in [-0.2, -0.15) is 0 Å². The average molecular weight is 338 g/mol. The van der Waals surface area contributed by atoms with Crippen LogP contribution in [0.5, 0.6) is 0 Å². The number of amides is 1. The first kappa shape index (κ1) is 15.6. The van der Waals surface area contributed by atoms with Crippen molar-refractivity contribution in [2.75, 3.05) is 5.32 Å². The molecule has 1 aromatic rings. The maximum atomic E-state index is 12.0. The number of benzene rings is 1. The van der Waals surface area contributed by atoms with Crippen LogP contribution >= 0.6 is 23.8 Å². The van der Waals surface area contributed by atoms with Gasteiger partial charge >= 0.3 is 0 Å². The van der Waals surface area contributed by atoms with E-state index in [-0.39, 0.29) is 5.91 Å². The SMILES string of the molecule is O=C(C[C@H]1C[C@H]2CC[C@@H]1C2)NNC(=S)Nc1cccc(Cl)c1. The third-order valence-corrected chi connectivity index (χ3v) is 5.17. The fourth-order valence-corrected chi connectivity index (χ4v) is 4.13. The van der Waals surface area contributed by atoms with Crippen molar-refractivity contribution in [3.63, 3.8) is 0 Å². The van der Waals surface area contributed by atoms with E-state index >= 15 is 0 Å². The van der Waals surface area contributed by atoms with Crippen LogP contribution in [0.2, 0.25) is 5.02 Å². The van der Waals surface area contributed by atoms with Gasteiger partial charge in [-0.1, -0.05) is 24.1 Å². The number of carbonyl (C=O) groups is 1. The van der Waals surface area contributed by atoms with Crippen LogP contribution in [0.4, 0.5) is 5.69 Å². The highest BCUT2D eigenvalue weighted by atomic mass is 35.5. The first-order chi connectivity index (χ1) is 10.6. The van der Waals surface area contributed by atoms with Crippen molar-refractivity contribution in [2.24, 2.45) is 17.8 Å². The molecule has 6 heteroatoms. The van der Waals surface area contributed by atoms with Gasteiger partial charge in [0.1, 0.15) is 0 Å². The van der Waals surface area contributed by atoms with E-state index < -0.39 is 0 Å². The molecule has 22 heavy (non-hydrogen) atoms. The lowest BCUT2D eigenvalue weighted by molar-refractivity contribution is -0.122. The summed E-state index contributed by atoms with van der Waals surface area (Å²) in [5.74, 6) is 2.18. The Labute approximate surface area is 141 Å². The molecular formula is C16H20ClN3OS. The molecule has 2 aliphatic carbocycles. The summed E-state index contributed by atoms with van der Waals surface area (Å²) < 4.78 is 0. The van der Waals surface area contributed by atoms with Crippen molar-refractivity contribution in [3.05, 3.63) is 29.3 Å². The molecule has 1 amide bonds. The van der Waals surface area contributed by atoms with Crippen LogP contribution in [-0.2, 0) is 4.79 Å².